The van der Waals surface area contributed by atoms with Crippen LogP contribution in [0.4, 0.5) is 0 Å². The van der Waals surface area contributed by atoms with Crippen molar-refractivity contribution in [3.8, 4) is 0 Å². The fraction of sp³-hybridized carbons (Fsp3) is 0.800. The molecule has 88 valence electrons. The summed E-state index contributed by atoms with van der Waals surface area (Å²) < 4.78 is 10.6. The lowest BCUT2D eigenvalue weighted by molar-refractivity contribution is -0.161. The van der Waals surface area contributed by atoms with Crippen molar-refractivity contribution >= 4 is 34.5 Å². The molecule has 0 amide bonds. The van der Waals surface area contributed by atoms with E-state index in [1.54, 1.807) is 13.8 Å². The Bertz CT molecular complexity index is 188. The van der Waals surface area contributed by atoms with E-state index in [1.165, 1.54) is 0 Å². The summed E-state index contributed by atoms with van der Waals surface area (Å²) in [5, 5.41) is 0. The van der Waals surface area contributed by atoms with Crippen LogP contribution in [0.25, 0.3) is 0 Å². The Hall–Kier alpha value is -0.330. The minimum atomic E-state index is -0.750. The number of carbonyl (C=O) groups excluding carboxylic acids is 2. The molecule has 0 aliphatic heterocycles. The van der Waals surface area contributed by atoms with Crippen LogP contribution in [-0.2, 0) is 19.1 Å². The fourth-order valence-electron chi connectivity index (χ4n) is 1.10. The maximum atomic E-state index is 11.4. The van der Waals surface area contributed by atoms with Crippen LogP contribution in [0.5, 0.6) is 0 Å². The smallest absolute Gasteiger partial charge is 0.320 e. The zero-order chi connectivity index (χ0) is 11.7. The molecule has 15 heavy (non-hydrogen) atoms. The lowest BCUT2D eigenvalue weighted by atomic mass is 10.0. The first-order valence-corrected chi connectivity index (χ1v) is 6.59. The molecule has 0 aromatic carbocycles. The monoisotopic (exact) mass is 328 g/mol. The summed E-state index contributed by atoms with van der Waals surface area (Å²) in [4.78, 5) is 22.9. The highest BCUT2D eigenvalue weighted by Gasteiger charge is 2.28. The quantitative estimate of drug-likeness (QED) is 0.310. The molecule has 0 atom stereocenters. The first kappa shape index (κ1) is 14.7. The summed E-state index contributed by atoms with van der Waals surface area (Å²) in [5.74, 6) is -1.69. The SMILES string of the molecule is CCOC(=O)C(CCCI)C(=O)OCC. The summed E-state index contributed by atoms with van der Waals surface area (Å²) in [6.45, 7) is 4.02. The van der Waals surface area contributed by atoms with Crippen LogP contribution in [-0.4, -0.2) is 29.6 Å². The first-order valence-electron chi connectivity index (χ1n) is 5.06. The first-order chi connectivity index (χ1) is 7.17. The lowest BCUT2D eigenvalue weighted by Crippen LogP contribution is -2.28. The van der Waals surface area contributed by atoms with Crippen molar-refractivity contribution in [3.63, 3.8) is 0 Å². The highest BCUT2D eigenvalue weighted by molar-refractivity contribution is 14.1. The number of carbonyl (C=O) groups is 2. The van der Waals surface area contributed by atoms with Crippen molar-refractivity contribution in [2.45, 2.75) is 26.7 Å². The number of rotatable bonds is 7. The van der Waals surface area contributed by atoms with Gasteiger partial charge in [-0.2, -0.15) is 0 Å². The van der Waals surface area contributed by atoms with Gasteiger partial charge in [0.25, 0.3) is 0 Å². The maximum Gasteiger partial charge on any atom is 0.320 e. The Morgan fingerprint density at radius 3 is 1.93 bits per heavy atom. The van der Waals surface area contributed by atoms with Crippen molar-refractivity contribution < 1.29 is 19.1 Å². The molecule has 4 nitrogen and oxygen atoms in total. The number of halogens is 1. The highest BCUT2D eigenvalue weighted by Crippen LogP contribution is 2.12. The third kappa shape index (κ3) is 5.96. The average molecular weight is 328 g/mol. The van der Waals surface area contributed by atoms with Gasteiger partial charge < -0.3 is 9.47 Å². The van der Waals surface area contributed by atoms with E-state index in [0.717, 1.165) is 10.8 Å². The topological polar surface area (TPSA) is 52.6 Å². The van der Waals surface area contributed by atoms with Gasteiger partial charge in [0.1, 0.15) is 0 Å². The van der Waals surface area contributed by atoms with E-state index in [4.69, 9.17) is 9.47 Å². The second kappa shape index (κ2) is 8.94. The Balaban J connectivity index is 4.28. The molecule has 0 fully saturated rings. The minimum Gasteiger partial charge on any atom is -0.465 e. The summed E-state index contributed by atoms with van der Waals surface area (Å²) in [5.41, 5.74) is 0. The lowest BCUT2D eigenvalue weighted by Gasteiger charge is -2.13. The van der Waals surface area contributed by atoms with Gasteiger partial charge in [0.2, 0.25) is 0 Å². The zero-order valence-electron chi connectivity index (χ0n) is 9.12. The number of esters is 2. The van der Waals surface area contributed by atoms with Crippen molar-refractivity contribution in [1.82, 2.24) is 0 Å². The van der Waals surface area contributed by atoms with E-state index in [2.05, 4.69) is 22.6 Å². The molecule has 0 radical (unpaired) electrons. The third-order valence-electron chi connectivity index (χ3n) is 1.77. The standard InChI is InChI=1S/C10H17IO4/c1-3-14-9(12)8(6-5-7-11)10(13)15-4-2/h8H,3-7H2,1-2H3. The van der Waals surface area contributed by atoms with Gasteiger partial charge in [-0.3, -0.25) is 9.59 Å². The van der Waals surface area contributed by atoms with Gasteiger partial charge in [0.15, 0.2) is 5.92 Å². The van der Waals surface area contributed by atoms with Crippen LogP contribution in [0.2, 0.25) is 0 Å². The summed E-state index contributed by atoms with van der Waals surface area (Å²) in [6.07, 6.45) is 1.31. The van der Waals surface area contributed by atoms with Crippen molar-refractivity contribution in [3.05, 3.63) is 0 Å². The molecule has 0 unspecified atom stereocenters. The van der Waals surface area contributed by atoms with Crippen LogP contribution in [0.1, 0.15) is 26.7 Å². The molecular formula is C10H17IO4. The molecule has 0 aromatic heterocycles. The number of ether oxygens (including phenoxy) is 2. The van der Waals surface area contributed by atoms with Gasteiger partial charge in [-0.1, -0.05) is 22.6 Å². The van der Waals surface area contributed by atoms with E-state index < -0.39 is 17.9 Å². The zero-order valence-corrected chi connectivity index (χ0v) is 11.3. The van der Waals surface area contributed by atoms with E-state index in [0.29, 0.717) is 19.6 Å². The van der Waals surface area contributed by atoms with Crippen LogP contribution in [0.15, 0.2) is 0 Å². The van der Waals surface area contributed by atoms with Gasteiger partial charge in [0, 0.05) is 0 Å². The Morgan fingerprint density at radius 1 is 1.13 bits per heavy atom. The molecule has 5 heteroatoms. The molecule has 0 saturated carbocycles. The molecule has 0 N–H and O–H groups in total. The summed E-state index contributed by atoms with van der Waals surface area (Å²) in [6, 6.07) is 0. The van der Waals surface area contributed by atoms with E-state index in [1.807, 2.05) is 0 Å². The summed E-state index contributed by atoms with van der Waals surface area (Å²) >= 11 is 2.21. The second-order valence-electron chi connectivity index (χ2n) is 2.89. The van der Waals surface area contributed by atoms with E-state index in [9.17, 15) is 9.59 Å². The Morgan fingerprint density at radius 2 is 1.60 bits per heavy atom. The summed E-state index contributed by atoms with van der Waals surface area (Å²) in [7, 11) is 0. The van der Waals surface area contributed by atoms with Crippen molar-refractivity contribution in [2.75, 3.05) is 17.6 Å². The van der Waals surface area contributed by atoms with Crippen LogP contribution in [0.3, 0.4) is 0 Å². The molecule has 0 saturated heterocycles. The van der Waals surface area contributed by atoms with Crippen molar-refractivity contribution in [1.29, 1.82) is 0 Å². The van der Waals surface area contributed by atoms with Crippen molar-refractivity contribution in [2.24, 2.45) is 5.92 Å². The van der Waals surface area contributed by atoms with Gasteiger partial charge in [-0.15, -0.1) is 0 Å². The second-order valence-corrected chi connectivity index (χ2v) is 3.97. The molecule has 0 rings (SSSR count). The number of alkyl halides is 1. The van der Waals surface area contributed by atoms with Crippen LogP contribution in [0, 0.1) is 5.92 Å². The normalized spacial score (nSPS) is 10.1. The van der Waals surface area contributed by atoms with Gasteiger partial charge in [0.05, 0.1) is 13.2 Å². The molecule has 0 aromatic rings. The molecule has 0 heterocycles. The molecule has 0 aliphatic carbocycles. The van der Waals surface area contributed by atoms with Gasteiger partial charge in [-0.25, -0.2) is 0 Å². The predicted octanol–water partition coefficient (Wildman–Crippen LogP) is 1.94. The maximum absolute atomic E-state index is 11.4. The van der Waals surface area contributed by atoms with Gasteiger partial charge >= 0.3 is 11.9 Å². The molecule has 0 spiro atoms. The predicted molar refractivity (Wildman–Crippen MR) is 64.9 cm³/mol. The largest absolute Gasteiger partial charge is 0.465 e. The van der Waals surface area contributed by atoms with Crippen LogP contribution < -0.4 is 0 Å². The van der Waals surface area contributed by atoms with Crippen LogP contribution >= 0.6 is 22.6 Å². The fourth-order valence-corrected chi connectivity index (χ4v) is 1.54. The number of hydrogen-bond acceptors (Lipinski definition) is 4. The van der Waals surface area contributed by atoms with Gasteiger partial charge in [-0.05, 0) is 31.1 Å². The number of hydrogen-bond donors (Lipinski definition) is 0. The van der Waals surface area contributed by atoms with E-state index >= 15 is 0 Å². The Kier molecular flexibility index (Phi) is 8.74. The van der Waals surface area contributed by atoms with E-state index in [-0.39, 0.29) is 0 Å². The Labute approximate surface area is 104 Å². The minimum absolute atomic E-state index is 0.291. The molecule has 0 bridgehead atoms. The molecular weight excluding hydrogens is 311 g/mol. The third-order valence-corrected chi connectivity index (χ3v) is 2.53. The highest BCUT2D eigenvalue weighted by atomic mass is 127. The molecule has 0 aliphatic rings. The average Bonchev–Trinajstić information content (AvgIpc) is 2.19.